The monoisotopic (exact) mass is 317 g/mol. The van der Waals surface area contributed by atoms with E-state index in [2.05, 4.69) is 18.1 Å². The number of pyridine rings is 1. The molecule has 0 amide bonds. The number of allylic oxidation sites excluding steroid dienone is 1. The molecule has 2 aromatic heterocycles. The highest BCUT2D eigenvalue weighted by molar-refractivity contribution is 7.17. The summed E-state index contributed by atoms with van der Waals surface area (Å²) >= 11 is 1.38. The van der Waals surface area contributed by atoms with Gasteiger partial charge in [-0.25, -0.2) is 0 Å². The molecule has 4 nitrogen and oxygen atoms in total. The van der Waals surface area contributed by atoms with E-state index >= 15 is 0 Å². The van der Waals surface area contributed by atoms with E-state index in [1.807, 2.05) is 5.38 Å². The third-order valence-electron chi connectivity index (χ3n) is 4.13. The number of aliphatic hydroxyl groups is 1. The van der Waals surface area contributed by atoms with Crippen LogP contribution < -0.4 is 10.3 Å². The van der Waals surface area contributed by atoms with Crippen LogP contribution in [-0.2, 0) is 12.0 Å². The number of nitrogens with one attached hydrogen (secondary N) is 1. The van der Waals surface area contributed by atoms with Crippen molar-refractivity contribution in [2.24, 2.45) is 0 Å². The molecule has 0 saturated carbocycles. The second kappa shape index (κ2) is 5.74. The number of aromatic nitrogens is 1. The van der Waals surface area contributed by atoms with Crippen molar-refractivity contribution in [1.29, 1.82) is 0 Å². The van der Waals surface area contributed by atoms with E-state index in [9.17, 15) is 9.90 Å². The average Bonchev–Trinajstić information content (AvgIpc) is 2.84. The number of hydrogen-bond acceptors (Lipinski definition) is 4. The van der Waals surface area contributed by atoms with Gasteiger partial charge in [0.15, 0.2) is 0 Å². The third kappa shape index (κ3) is 2.30. The average molecular weight is 317 g/mol. The summed E-state index contributed by atoms with van der Waals surface area (Å²) in [6, 6.07) is 0. The largest absolute Gasteiger partial charge is 0.492 e. The van der Waals surface area contributed by atoms with E-state index < -0.39 is 5.60 Å². The highest BCUT2D eigenvalue weighted by Gasteiger charge is 2.32. The molecule has 0 bridgehead atoms. The van der Waals surface area contributed by atoms with Crippen molar-refractivity contribution in [1.82, 2.24) is 4.98 Å². The fourth-order valence-electron chi connectivity index (χ4n) is 2.97. The van der Waals surface area contributed by atoms with Crippen LogP contribution in [0.3, 0.4) is 0 Å². The van der Waals surface area contributed by atoms with Gasteiger partial charge in [0.05, 0.1) is 12.3 Å². The van der Waals surface area contributed by atoms with E-state index in [1.54, 1.807) is 6.08 Å². The molecule has 5 heteroatoms. The van der Waals surface area contributed by atoms with Gasteiger partial charge in [-0.3, -0.25) is 4.79 Å². The van der Waals surface area contributed by atoms with Crippen molar-refractivity contribution < 1.29 is 9.84 Å². The van der Waals surface area contributed by atoms with Crippen molar-refractivity contribution in [2.75, 3.05) is 6.61 Å². The van der Waals surface area contributed by atoms with Gasteiger partial charge in [0, 0.05) is 10.8 Å². The Balaban J connectivity index is 2.28. The van der Waals surface area contributed by atoms with Crippen molar-refractivity contribution in [2.45, 2.75) is 31.3 Å². The highest BCUT2D eigenvalue weighted by atomic mass is 32.1. The lowest BCUT2D eigenvalue weighted by molar-refractivity contribution is 0.0754. The molecule has 1 unspecified atom stereocenters. The number of aromatic amines is 1. The maximum Gasteiger partial charge on any atom is 0.266 e. The Morgan fingerprint density at radius 1 is 1.50 bits per heavy atom. The lowest BCUT2D eigenvalue weighted by atomic mass is 9.88. The van der Waals surface area contributed by atoms with Gasteiger partial charge in [-0.1, -0.05) is 18.7 Å². The molecule has 0 saturated heterocycles. The van der Waals surface area contributed by atoms with Crippen LogP contribution in [0.2, 0.25) is 0 Å². The molecule has 3 rings (SSSR count). The molecule has 3 heterocycles. The van der Waals surface area contributed by atoms with Gasteiger partial charge in [-0.05, 0) is 31.2 Å². The minimum absolute atomic E-state index is 0.186. The molecule has 0 fully saturated rings. The van der Waals surface area contributed by atoms with Crippen molar-refractivity contribution in [3.05, 3.63) is 52.3 Å². The lowest BCUT2D eigenvalue weighted by Crippen LogP contribution is -2.29. The third-order valence-corrected chi connectivity index (χ3v) is 5.09. The number of aryl methyl sites for hydroxylation is 1. The molecular weight excluding hydrogens is 298 g/mol. The lowest BCUT2D eigenvalue weighted by Gasteiger charge is -2.26. The van der Waals surface area contributed by atoms with Crippen LogP contribution in [-0.4, -0.2) is 16.7 Å². The van der Waals surface area contributed by atoms with E-state index in [4.69, 9.17) is 4.74 Å². The minimum atomic E-state index is -1.26. The standard InChI is InChI=1S/C17H19NO3S/c1-3-5-8-17(20,4-2)15-11-7-6-9-21-12-10-22-14(13(11)12)16(19)18-15/h3-4,10,20H,1-2,5-9H2,(H,18,19). The maximum absolute atomic E-state index is 12.4. The number of thiophene rings is 1. The van der Waals surface area contributed by atoms with Crippen molar-refractivity contribution in [3.8, 4) is 5.75 Å². The second-order valence-electron chi connectivity index (χ2n) is 5.52. The van der Waals surface area contributed by atoms with Crippen LogP contribution in [0.1, 0.15) is 30.5 Å². The van der Waals surface area contributed by atoms with E-state index in [1.165, 1.54) is 17.4 Å². The Morgan fingerprint density at radius 2 is 2.32 bits per heavy atom. The minimum Gasteiger partial charge on any atom is -0.492 e. The summed E-state index contributed by atoms with van der Waals surface area (Å²) in [5, 5.41) is 13.7. The fourth-order valence-corrected chi connectivity index (χ4v) is 3.88. The maximum atomic E-state index is 12.4. The first-order chi connectivity index (χ1) is 10.6. The van der Waals surface area contributed by atoms with Gasteiger partial charge < -0.3 is 14.8 Å². The topological polar surface area (TPSA) is 62.3 Å². The van der Waals surface area contributed by atoms with Crippen molar-refractivity contribution >= 4 is 21.4 Å². The molecule has 1 aliphatic heterocycles. The van der Waals surface area contributed by atoms with Crippen LogP contribution in [0, 0.1) is 0 Å². The molecule has 2 N–H and O–H groups in total. The smallest absolute Gasteiger partial charge is 0.266 e. The highest BCUT2D eigenvalue weighted by Crippen LogP contribution is 2.40. The second-order valence-corrected chi connectivity index (χ2v) is 6.40. The predicted octanol–water partition coefficient (Wildman–Crippen LogP) is 3.25. The van der Waals surface area contributed by atoms with Gasteiger partial charge in [0.25, 0.3) is 5.56 Å². The summed E-state index contributed by atoms with van der Waals surface area (Å²) in [4.78, 5) is 15.3. The van der Waals surface area contributed by atoms with Crippen LogP contribution in [0.15, 0.2) is 35.5 Å². The Kier molecular flexibility index (Phi) is 3.93. The predicted molar refractivity (Wildman–Crippen MR) is 89.8 cm³/mol. The molecule has 116 valence electrons. The Labute approximate surface area is 132 Å². The normalized spacial score (nSPS) is 16.6. The molecule has 0 aliphatic carbocycles. The number of H-pyrrole nitrogens is 1. The zero-order chi connectivity index (χ0) is 15.7. The van der Waals surface area contributed by atoms with Crippen molar-refractivity contribution in [3.63, 3.8) is 0 Å². The van der Waals surface area contributed by atoms with E-state index in [-0.39, 0.29) is 5.56 Å². The van der Waals surface area contributed by atoms with Gasteiger partial charge in [0.2, 0.25) is 0 Å². The summed E-state index contributed by atoms with van der Waals surface area (Å²) in [5.74, 6) is 0.745. The Morgan fingerprint density at radius 3 is 3.05 bits per heavy atom. The summed E-state index contributed by atoms with van der Waals surface area (Å²) in [5.41, 5.74) is 0.0663. The summed E-state index contributed by atoms with van der Waals surface area (Å²) in [6.07, 6.45) is 5.94. The van der Waals surface area contributed by atoms with E-state index in [0.29, 0.717) is 29.8 Å². The number of ether oxygens (including phenoxy) is 1. The molecule has 22 heavy (non-hydrogen) atoms. The van der Waals surface area contributed by atoms with E-state index in [0.717, 1.165) is 29.5 Å². The Hall–Kier alpha value is -1.85. The summed E-state index contributed by atoms with van der Waals surface area (Å²) in [7, 11) is 0. The van der Waals surface area contributed by atoms with Gasteiger partial charge in [0.1, 0.15) is 16.1 Å². The fraction of sp³-hybridized carbons (Fsp3) is 0.353. The zero-order valence-electron chi connectivity index (χ0n) is 12.4. The first kappa shape index (κ1) is 15.1. The van der Waals surface area contributed by atoms with Crippen LogP contribution >= 0.6 is 11.3 Å². The molecule has 1 atom stereocenters. The quantitative estimate of drug-likeness (QED) is 0.832. The van der Waals surface area contributed by atoms with Crippen LogP contribution in [0.5, 0.6) is 5.75 Å². The molecule has 1 aliphatic rings. The van der Waals surface area contributed by atoms with Gasteiger partial charge in [-0.15, -0.1) is 17.9 Å². The number of hydrogen-bond donors (Lipinski definition) is 2. The van der Waals surface area contributed by atoms with Crippen LogP contribution in [0.4, 0.5) is 0 Å². The summed E-state index contributed by atoms with van der Waals surface area (Å²) in [6.45, 7) is 8.08. The van der Waals surface area contributed by atoms with Gasteiger partial charge >= 0.3 is 0 Å². The van der Waals surface area contributed by atoms with Gasteiger partial charge in [-0.2, -0.15) is 0 Å². The molecule has 0 radical (unpaired) electrons. The zero-order valence-corrected chi connectivity index (χ0v) is 13.2. The first-order valence-electron chi connectivity index (χ1n) is 7.37. The molecule has 0 spiro atoms. The van der Waals surface area contributed by atoms with Crippen LogP contribution in [0.25, 0.3) is 10.1 Å². The molecule has 2 aromatic rings. The summed E-state index contributed by atoms with van der Waals surface area (Å²) < 4.78 is 6.39. The SMILES string of the molecule is C=CCCC(O)(C=C)c1[nH]c(=O)c2scc3c2c1CCCO3. The molecular formula is C17H19NO3S. The Bertz CT molecular complexity index is 789. The molecule has 0 aromatic carbocycles. The first-order valence-corrected chi connectivity index (χ1v) is 8.25. The number of rotatable bonds is 5.